The van der Waals surface area contributed by atoms with E-state index in [0.29, 0.717) is 40.7 Å². The van der Waals surface area contributed by atoms with Gasteiger partial charge >= 0.3 is 0 Å². The van der Waals surface area contributed by atoms with Crippen LogP contribution in [-0.4, -0.2) is 49.6 Å². The maximum Gasteiger partial charge on any atom is 0.295 e. The van der Waals surface area contributed by atoms with Crippen LogP contribution in [0.5, 0.6) is 23.0 Å². The summed E-state index contributed by atoms with van der Waals surface area (Å²) >= 11 is 0. The number of carbonyl (C=O) groups excluding carboxylic acids is 2. The molecule has 1 aliphatic rings. The molecule has 0 spiro atoms. The van der Waals surface area contributed by atoms with Crippen LogP contribution in [0.3, 0.4) is 0 Å². The van der Waals surface area contributed by atoms with Crippen LogP contribution in [0.1, 0.15) is 36.1 Å². The molecule has 0 aliphatic carbocycles. The van der Waals surface area contributed by atoms with Crippen molar-refractivity contribution in [3.63, 3.8) is 0 Å². The molecule has 0 saturated carbocycles. The van der Waals surface area contributed by atoms with Crippen LogP contribution in [0, 0.1) is 0 Å². The fourth-order valence-electron chi connectivity index (χ4n) is 4.51. The number of ether oxygens (including phenoxy) is 4. The summed E-state index contributed by atoms with van der Waals surface area (Å²) in [5, 5.41) is 11.4. The zero-order valence-electron chi connectivity index (χ0n) is 21.9. The average molecular weight is 518 g/mol. The number of nitrogens with zero attached hydrogens (tertiary/aromatic N) is 1. The minimum absolute atomic E-state index is 0.0255. The molecule has 198 valence electrons. The molecule has 1 atom stereocenters. The van der Waals surface area contributed by atoms with Crippen molar-refractivity contribution in [1.82, 2.24) is 4.90 Å². The lowest BCUT2D eigenvalue weighted by Crippen LogP contribution is -2.29. The molecule has 38 heavy (non-hydrogen) atoms. The van der Waals surface area contributed by atoms with Gasteiger partial charge < -0.3 is 29.0 Å². The Labute approximate surface area is 222 Å². The van der Waals surface area contributed by atoms with Gasteiger partial charge in [0.05, 0.1) is 39.6 Å². The first-order valence-electron chi connectivity index (χ1n) is 12.3. The van der Waals surface area contributed by atoms with Gasteiger partial charge in [-0.2, -0.15) is 0 Å². The summed E-state index contributed by atoms with van der Waals surface area (Å²) in [6.45, 7) is 2.74. The van der Waals surface area contributed by atoms with Crippen molar-refractivity contribution in [1.29, 1.82) is 0 Å². The Balaban J connectivity index is 1.88. The third kappa shape index (κ3) is 5.16. The molecular formula is C30H31NO7. The van der Waals surface area contributed by atoms with Crippen molar-refractivity contribution in [2.45, 2.75) is 25.9 Å². The number of benzene rings is 3. The second kappa shape index (κ2) is 11.7. The largest absolute Gasteiger partial charge is 0.507 e. The van der Waals surface area contributed by atoms with Gasteiger partial charge in [0.25, 0.3) is 11.7 Å². The van der Waals surface area contributed by atoms with Gasteiger partial charge in [-0.15, -0.1) is 0 Å². The van der Waals surface area contributed by atoms with Crippen molar-refractivity contribution in [3.05, 3.63) is 89.0 Å². The van der Waals surface area contributed by atoms with Gasteiger partial charge in [0.15, 0.2) is 11.5 Å². The number of methoxy groups -OCH3 is 3. The Kier molecular flexibility index (Phi) is 8.21. The Hall–Kier alpha value is -4.46. The van der Waals surface area contributed by atoms with Gasteiger partial charge in [0.1, 0.15) is 11.5 Å². The third-order valence-corrected chi connectivity index (χ3v) is 6.34. The second-order valence-electron chi connectivity index (χ2n) is 8.74. The van der Waals surface area contributed by atoms with Crippen LogP contribution in [0.15, 0.2) is 72.3 Å². The number of hydrogen-bond donors (Lipinski definition) is 1. The van der Waals surface area contributed by atoms with E-state index in [4.69, 9.17) is 18.9 Å². The number of aliphatic hydroxyl groups is 1. The molecular weight excluding hydrogens is 486 g/mol. The van der Waals surface area contributed by atoms with Crippen LogP contribution >= 0.6 is 0 Å². The average Bonchev–Trinajstić information content (AvgIpc) is 3.20. The standard InChI is InChI=1S/C30H31NO7/c1-5-15-38-22-13-11-20(12-14-22)27(32)25-26(21-16-23(35-2)29(37-4)24(17-21)36-3)31(30(34)28(25)33)18-19-9-7-6-8-10-19/h6-14,16-17,26,32H,5,15,18H2,1-4H3/b27-25+. The third-order valence-electron chi connectivity index (χ3n) is 6.34. The molecule has 8 nitrogen and oxygen atoms in total. The molecule has 3 aromatic carbocycles. The quantitative estimate of drug-likeness (QED) is 0.227. The van der Waals surface area contributed by atoms with Crippen molar-refractivity contribution in [3.8, 4) is 23.0 Å². The zero-order chi connectivity index (χ0) is 27.2. The summed E-state index contributed by atoms with van der Waals surface area (Å²) < 4.78 is 22.1. The summed E-state index contributed by atoms with van der Waals surface area (Å²) in [5.41, 5.74) is 1.73. The van der Waals surface area contributed by atoms with E-state index in [0.717, 1.165) is 12.0 Å². The number of ketones is 1. The van der Waals surface area contributed by atoms with Crippen LogP contribution in [-0.2, 0) is 16.1 Å². The number of carbonyl (C=O) groups is 2. The van der Waals surface area contributed by atoms with Gasteiger partial charge in [-0.1, -0.05) is 37.3 Å². The van der Waals surface area contributed by atoms with Gasteiger partial charge in [0.2, 0.25) is 5.75 Å². The molecule has 1 heterocycles. The smallest absolute Gasteiger partial charge is 0.295 e. The Morgan fingerprint density at radius 1 is 0.895 bits per heavy atom. The van der Waals surface area contributed by atoms with Crippen LogP contribution < -0.4 is 18.9 Å². The molecule has 1 amide bonds. The second-order valence-corrected chi connectivity index (χ2v) is 8.74. The van der Waals surface area contributed by atoms with Gasteiger partial charge in [0, 0.05) is 12.1 Å². The molecule has 0 radical (unpaired) electrons. The number of rotatable bonds is 10. The number of likely N-dealkylation sites (tertiary alicyclic amines) is 1. The highest BCUT2D eigenvalue weighted by molar-refractivity contribution is 6.46. The van der Waals surface area contributed by atoms with Crippen molar-refractivity contribution in [2.75, 3.05) is 27.9 Å². The number of Topliss-reactive ketones (excluding diaryl/α,β-unsaturated/α-hetero) is 1. The van der Waals surface area contributed by atoms with Gasteiger partial charge in [-0.3, -0.25) is 9.59 Å². The van der Waals surface area contributed by atoms with Crippen molar-refractivity contribution in [2.24, 2.45) is 0 Å². The summed E-state index contributed by atoms with van der Waals surface area (Å²) in [6, 6.07) is 18.6. The highest BCUT2D eigenvalue weighted by Gasteiger charge is 2.46. The summed E-state index contributed by atoms with van der Waals surface area (Å²) in [5.74, 6) is -0.00932. The van der Waals surface area contributed by atoms with E-state index in [9.17, 15) is 14.7 Å². The SMILES string of the molecule is CCCOc1ccc(/C(O)=C2\C(=O)C(=O)N(Cc3ccccc3)C2c2cc(OC)c(OC)c(OC)c2)cc1. The molecule has 0 aromatic heterocycles. The highest BCUT2D eigenvalue weighted by atomic mass is 16.5. The Morgan fingerprint density at radius 2 is 1.53 bits per heavy atom. The lowest BCUT2D eigenvalue weighted by atomic mass is 9.94. The molecule has 0 bridgehead atoms. The maximum absolute atomic E-state index is 13.4. The highest BCUT2D eigenvalue weighted by Crippen LogP contribution is 2.46. The van der Waals surface area contributed by atoms with Crippen molar-refractivity contribution < 1.29 is 33.6 Å². The van der Waals surface area contributed by atoms with E-state index in [1.165, 1.54) is 26.2 Å². The molecule has 1 saturated heterocycles. The summed E-state index contributed by atoms with van der Waals surface area (Å²) in [4.78, 5) is 28.2. The summed E-state index contributed by atoms with van der Waals surface area (Å²) in [7, 11) is 4.48. The maximum atomic E-state index is 13.4. The first-order chi connectivity index (χ1) is 18.4. The fourth-order valence-corrected chi connectivity index (χ4v) is 4.51. The molecule has 1 fully saturated rings. The lowest BCUT2D eigenvalue weighted by molar-refractivity contribution is -0.140. The topological polar surface area (TPSA) is 94.5 Å². The van der Waals surface area contributed by atoms with Gasteiger partial charge in [-0.25, -0.2) is 0 Å². The molecule has 1 aliphatic heterocycles. The summed E-state index contributed by atoms with van der Waals surface area (Å²) in [6.07, 6.45) is 0.862. The van der Waals surface area contributed by atoms with E-state index in [1.54, 1.807) is 36.4 Å². The molecule has 4 rings (SSSR count). The number of aliphatic hydroxyl groups excluding tert-OH is 1. The van der Waals surface area contributed by atoms with Crippen LogP contribution in [0.4, 0.5) is 0 Å². The van der Waals surface area contributed by atoms with Gasteiger partial charge in [-0.05, 0) is 53.9 Å². The number of amides is 1. The number of hydrogen-bond acceptors (Lipinski definition) is 7. The van der Waals surface area contributed by atoms with E-state index in [2.05, 4.69) is 0 Å². The predicted octanol–water partition coefficient (Wildman–Crippen LogP) is 5.12. The minimum Gasteiger partial charge on any atom is -0.507 e. The van der Waals surface area contributed by atoms with Crippen molar-refractivity contribution >= 4 is 17.4 Å². The zero-order valence-corrected chi connectivity index (χ0v) is 21.9. The molecule has 1 N–H and O–H groups in total. The normalized spacial score (nSPS) is 16.4. The molecule has 8 heteroatoms. The lowest BCUT2D eigenvalue weighted by Gasteiger charge is -2.26. The van der Waals surface area contributed by atoms with E-state index in [-0.39, 0.29) is 17.9 Å². The monoisotopic (exact) mass is 517 g/mol. The van der Waals surface area contributed by atoms with Crippen LogP contribution in [0.25, 0.3) is 5.76 Å². The molecule has 3 aromatic rings. The van der Waals surface area contributed by atoms with E-state index < -0.39 is 17.7 Å². The minimum atomic E-state index is -0.903. The Bertz CT molecular complexity index is 1310. The fraction of sp³-hybridized carbons (Fsp3) is 0.267. The Morgan fingerprint density at radius 3 is 2.08 bits per heavy atom. The van der Waals surface area contributed by atoms with E-state index in [1.807, 2.05) is 37.3 Å². The molecule has 1 unspecified atom stereocenters. The first kappa shape index (κ1) is 26.6. The predicted molar refractivity (Wildman–Crippen MR) is 143 cm³/mol. The van der Waals surface area contributed by atoms with Crippen LogP contribution in [0.2, 0.25) is 0 Å². The first-order valence-corrected chi connectivity index (χ1v) is 12.3. The van der Waals surface area contributed by atoms with E-state index >= 15 is 0 Å².